The number of fused-ring (bicyclic) bond motifs is 1. The van der Waals surface area contributed by atoms with Gasteiger partial charge in [0.2, 0.25) is 5.91 Å². The first-order valence-electron chi connectivity index (χ1n) is 9.53. The Kier molecular flexibility index (Phi) is 5.99. The Balaban J connectivity index is 1.63. The molecule has 0 aliphatic rings. The van der Waals surface area contributed by atoms with Gasteiger partial charge in [0, 0.05) is 22.8 Å². The second-order valence-electron chi connectivity index (χ2n) is 7.20. The molecule has 3 aromatic carbocycles. The molecule has 0 unspecified atom stereocenters. The van der Waals surface area contributed by atoms with Crippen molar-refractivity contribution < 1.29 is 22.0 Å². The van der Waals surface area contributed by atoms with Crippen molar-refractivity contribution in [2.45, 2.75) is 17.2 Å². The summed E-state index contributed by atoms with van der Waals surface area (Å²) in [6.07, 6.45) is 1.40. The van der Waals surface area contributed by atoms with Crippen LogP contribution in [0.4, 0.5) is 14.5 Å². The molecule has 0 saturated carbocycles. The minimum atomic E-state index is -3.82. The summed E-state index contributed by atoms with van der Waals surface area (Å²) in [5, 5.41) is 2.95. The van der Waals surface area contributed by atoms with E-state index in [1.165, 1.54) is 41.1 Å². The summed E-state index contributed by atoms with van der Waals surface area (Å²) >= 11 is 5.74. The number of aromatic nitrogens is 1. The molecule has 5 nitrogen and oxygen atoms in total. The van der Waals surface area contributed by atoms with Gasteiger partial charge in [0.15, 0.2) is 9.84 Å². The molecule has 4 aromatic rings. The fourth-order valence-corrected chi connectivity index (χ4v) is 5.19. The van der Waals surface area contributed by atoms with Crippen LogP contribution in [-0.4, -0.2) is 18.9 Å². The highest BCUT2D eigenvalue weighted by Crippen LogP contribution is 2.28. The molecule has 0 bridgehead atoms. The molecular weight excluding hydrogens is 458 g/mol. The van der Waals surface area contributed by atoms with Crippen LogP contribution in [0.1, 0.15) is 5.56 Å². The molecule has 4 rings (SSSR count). The van der Waals surface area contributed by atoms with Crippen LogP contribution in [-0.2, 0) is 26.9 Å². The molecule has 0 aliphatic carbocycles. The first kappa shape index (κ1) is 22.0. The van der Waals surface area contributed by atoms with E-state index in [9.17, 15) is 22.0 Å². The van der Waals surface area contributed by atoms with Gasteiger partial charge in [0.1, 0.15) is 18.2 Å². The van der Waals surface area contributed by atoms with Gasteiger partial charge in [-0.2, -0.15) is 0 Å². The van der Waals surface area contributed by atoms with Crippen LogP contribution >= 0.6 is 11.6 Å². The summed E-state index contributed by atoms with van der Waals surface area (Å²) in [6.45, 7) is -0.176. The highest BCUT2D eigenvalue weighted by molar-refractivity contribution is 7.90. The van der Waals surface area contributed by atoms with Gasteiger partial charge in [-0.1, -0.05) is 41.9 Å². The number of rotatable bonds is 6. The highest BCUT2D eigenvalue weighted by Gasteiger charge is 2.22. The number of nitrogens with one attached hydrogen (secondary N) is 1. The molecule has 164 valence electrons. The Bertz CT molecular complexity index is 1430. The van der Waals surface area contributed by atoms with E-state index in [4.69, 9.17) is 11.6 Å². The SMILES string of the molecule is O=C(Cn1cc(S(=O)(=O)Cc2cccc(F)c2)c2ccccc21)Nc1ccc(F)c(Cl)c1. The van der Waals surface area contributed by atoms with Gasteiger partial charge < -0.3 is 9.88 Å². The standard InChI is InChI=1S/C23H17ClF2N2O3S/c24-19-11-17(8-9-20(19)26)27-23(29)13-28-12-22(18-6-1-2-7-21(18)28)32(30,31)14-15-4-3-5-16(25)10-15/h1-12H,13-14H2,(H,27,29). The van der Waals surface area contributed by atoms with Gasteiger partial charge in [0.25, 0.3) is 0 Å². The highest BCUT2D eigenvalue weighted by atomic mass is 35.5. The van der Waals surface area contributed by atoms with Gasteiger partial charge in [-0.3, -0.25) is 4.79 Å². The Morgan fingerprint density at radius 1 is 1.00 bits per heavy atom. The second-order valence-corrected chi connectivity index (χ2v) is 9.57. The number of hydrogen-bond acceptors (Lipinski definition) is 3. The summed E-state index contributed by atoms with van der Waals surface area (Å²) < 4.78 is 54.5. The van der Waals surface area contributed by atoms with Crippen LogP contribution in [0.15, 0.2) is 77.8 Å². The molecule has 32 heavy (non-hydrogen) atoms. The predicted octanol–water partition coefficient (Wildman–Crippen LogP) is 5.19. The van der Waals surface area contributed by atoms with Crippen molar-refractivity contribution in [1.29, 1.82) is 0 Å². The number of anilines is 1. The van der Waals surface area contributed by atoms with Crippen LogP contribution in [0.3, 0.4) is 0 Å². The Labute approximate surface area is 188 Å². The molecule has 1 aromatic heterocycles. The number of sulfone groups is 1. The van der Waals surface area contributed by atoms with E-state index < -0.39 is 27.4 Å². The second kappa shape index (κ2) is 8.72. The zero-order chi connectivity index (χ0) is 22.9. The first-order valence-corrected chi connectivity index (χ1v) is 11.6. The third kappa shape index (κ3) is 4.66. The number of carbonyl (C=O) groups is 1. The summed E-state index contributed by atoms with van der Waals surface area (Å²) in [7, 11) is -3.82. The van der Waals surface area contributed by atoms with Crippen molar-refractivity contribution in [2.75, 3.05) is 5.32 Å². The van der Waals surface area contributed by atoms with Crippen molar-refractivity contribution in [3.8, 4) is 0 Å². The maximum atomic E-state index is 13.5. The Hall–Kier alpha value is -3.23. The van der Waals surface area contributed by atoms with Crippen molar-refractivity contribution in [3.05, 3.63) is 95.1 Å². The van der Waals surface area contributed by atoms with E-state index >= 15 is 0 Å². The van der Waals surface area contributed by atoms with E-state index in [-0.39, 0.29) is 22.2 Å². The number of halogens is 3. The van der Waals surface area contributed by atoms with Gasteiger partial charge >= 0.3 is 0 Å². The molecule has 9 heteroatoms. The third-order valence-corrected chi connectivity index (χ3v) is 6.85. The van der Waals surface area contributed by atoms with Crippen LogP contribution in [0.25, 0.3) is 10.9 Å². The van der Waals surface area contributed by atoms with Crippen molar-refractivity contribution in [1.82, 2.24) is 4.57 Å². The Morgan fingerprint density at radius 2 is 1.78 bits per heavy atom. The van der Waals surface area contributed by atoms with E-state index in [1.807, 2.05) is 0 Å². The molecule has 1 amide bonds. The maximum absolute atomic E-state index is 13.5. The average Bonchev–Trinajstić information content (AvgIpc) is 3.10. The fourth-order valence-electron chi connectivity index (χ4n) is 3.44. The largest absolute Gasteiger partial charge is 0.337 e. The lowest BCUT2D eigenvalue weighted by Gasteiger charge is -2.08. The number of carbonyl (C=O) groups excluding carboxylic acids is 1. The van der Waals surface area contributed by atoms with Crippen molar-refractivity contribution >= 4 is 43.9 Å². The summed E-state index contributed by atoms with van der Waals surface area (Å²) in [5.74, 6) is -1.94. The fraction of sp³-hybridized carbons (Fsp3) is 0.0870. The lowest BCUT2D eigenvalue weighted by molar-refractivity contribution is -0.116. The van der Waals surface area contributed by atoms with Crippen LogP contribution < -0.4 is 5.32 Å². The number of hydrogen-bond donors (Lipinski definition) is 1. The van der Waals surface area contributed by atoms with Gasteiger partial charge in [-0.05, 0) is 42.0 Å². The topological polar surface area (TPSA) is 68.2 Å². The van der Waals surface area contributed by atoms with E-state index in [1.54, 1.807) is 30.3 Å². The quantitative estimate of drug-likeness (QED) is 0.418. The van der Waals surface area contributed by atoms with Gasteiger partial charge in [-0.15, -0.1) is 0 Å². The molecule has 1 heterocycles. The average molecular weight is 475 g/mol. The smallest absolute Gasteiger partial charge is 0.244 e. The normalized spacial score (nSPS) is 11.6. The number of benzene rings is 3. The van der Waals surface area contributed by atoms with Crippen LogP contribution in [0, 0.1) is 11.6 Å². The summed E-state index contributed by atoms with van der Waals surface area (Å²) in [6, 6.07) is 16.0. The van der Waals surface area contributed by atoms with E-state index in [2.05, 4.69) is 5.32 Å². The number of para-hydroxylation sites is 1. The number of amides is 1. The van der Waals surface area contributed by atoms with Crippen LogP contribution in [0.5, 0.6) is 0 Å². The monoisotopic (exact) mass is 474 g/mol. The molecule has 0 fully saturated rings. The summed E-state index contributed by atoms with van der Waals surface area (Å²) in [4.78, 5) is 12.6. The molecule has 0 saturated heterocycles. The molecule has 0 radical (unpaired) electrons. The molecule has 0 atom stereocenters. The zero-order valence-corrected chi connectivity index (χ0v) is 18.1. The summed E-state index contributed by atoms with van der Waals surface area (Å²) in [5.41, 5.74) is 1.20. The first-order chi connectivity index (χ1) is 15.2. The predicted molar refractivity (Wildman–Crippen MR) is 119 cm³/mol. The van der Waals surface area contributed by atoms with Crippen LogP contribution in [0.2, 0.25) is 5.02 Å². The maximum Gasteiger partial charge on any atom is 0.244 e. The Morgan fingerprint density at radius 3 is 2.53 bits per heavy atom. The zero-order valence-electron chi connectivity index (χ0n) is 16.6. The van der Waals surface area contributed by atoms with Crippen molar-refractivity contribution in [3.63, 3.8) is 0 Å². The van der Waals surface area contributed by atoms with Gasteiger partial charge in [0.05, 0.1) is 15.7 Å². The molecular formula is C23H17ClF2N2O3S. The number of nitrogens with zero attached hydrogens (tertiary/aromatic N) is 1. The van der Waals surface area contributed by atoms with Crippen molar-refractivity contribution in [2.24, 2.45) is 0 Å². The van der Waals surface area contributed by atoms with E-state index in [0.717, 1.165) is 6.07 Å². The molecule has 0 spiro atoms. The lowest BCUT2D eigenvalue weighted by atomic mass is 10.2. The van der Waals surface area contributed by atoms with Gasteiger partial charge in [-0.25, -0.2) is 17.2 Å². The molecule has 0 aliphatic heterocycles. The minimum Gasteiger partial charge on any atom is -0.337 e. The minimum absolute atomic E-state index is 0.0509. The lowest BCUT2D eigenvalue weighted by Crippen LogP contribution is -2.18. The third-order valence-electron chi connectivity index (χ3n) is 4.85. The van der Waals surface area contributed by atoms with E-state index in [0.29, 0.717) is 22.2 Å². The molecule has 1 N–H and O–H groups in total.